The van der Waals surface area contributed by atoms with Crippen LogP contribution in [0.25, 0.3) is 0 Å². The average molecular weight is 201 g/mol. The molecular formula is C8H11NO5. The van der Waals surface area contributed by atoms with Crippen LogP contribution < -0.4 is 5.32 Å². The van der Waals surface area contributed by atoms with E-state index in [2.05, 4.69) is 10.1 Å². The molecule has 0 spiro atoms. The molecular weight excluding hydrogens is 190 g/mol. The Morgan fingerprint density at radius 2 is 2.29 bits per heavy atom. The summed E-state index contributed by atoms with van der Waals surface area (Å²) in [7, 11) is 0. The van der Waals surface area contributed by atoms with E-state index in [0.717, 1.165) is 0 Å². The molecule has 1 aliphatic heterocycles. The average Bonchev–Trinajstić information content (AvgIpc) is 2.48. The molecule has 0 aromatic carbocycles. The van der Waals surface area contributed by atoms with E-state index in [1.165, 1.54) is 0 Å². The topological polar surface area (TPSA) is 92.7 Å². The van der Waals surface area contributed by atoms with E-state index in [0.29, 0.717) is 0 Å². The first-order chi connectivity index (χ1) is 6.56. The highest BCUT2D eigenvalue weighted by molar-refractivity contribution is 6.01. The quantitative estimate of drug-likeness (QED) is 0.457. The number of carbonyl (C=O) groups is 3. The molecule has 78 valence electrons. The first-order valence-electron chi connectivity index (χ1n) is 4.26. The van der Waals surface area contributed by atoms with Crippen LogP contribution >= 0.6 is 0 Å². The van der Waals surface area contributed by atoms with Crippen LogP contribution in [0.1, 0.15) is 13.3 Å². The van der Waals surface area contributed by atoms with Crippen LogP contribution in [0.2, 0.25) is 0 Å². The third-order valence-electron chi connectivity index (χ3n) is 1.97. The van der Waals surface area contributed by atoms with Gasteiger partial charge in [-0.2, -0.15) is 0 Å². The molecule has 1 fully saturated rings. The van der Waals surface area contributed by atoms with E-state index >= 15 is 0 Å². The van der Waals surface area contributed by atoms with Crippen molar-refractivity contribution in [2.75, 3.05) is 6.61 Å². The number of carbonyl (C=O) groups excluding carboxylic acids is 2. The van der Waals surface area contributed by atoms with Gasteiger partial charge in [-0.15, -0.1) is 0 Å². The first kappa shape index (κ1) is 10.5. The van der Waals surface area contributed by atoms with Gasteiger partial charge in [0.05, 0.1) is 6.61 Å². The Bertz CT molecular complexity index is 275. The Labute approximate surface area is 80.2 Å². The number of hydrogen-bond donors (Lipinski definition) is 2. The molecule has 6 nitrogen and oxygen atoms in total. The van der Waals surface area contributed by atoms with Crippen molar-refractivity contribution in [2.45, 2.75) is 19.4 Å². The van der Waals surface area contributed by atoms with Gasteiger partial charge in [-0.1, -0.05) is 0 Å². The fraction of sp³-hybridized carbons (Fsp3) is 0.625. The summed E-state index contributed by atoms with van der Waals surface area (Å²) >= 11 is 0. The maximum atomic E-state index is 11.1. The predicted octanol–water partition coefficient (Wildman–Crippen LogP) is -0.861. The molecule has 2 N–H and O–H groups in total. The van der Waals surface area contributed by atoms with Crippen LogP contribution in [0, 0.1) is 5.92 Å². The van der Waals surface area contributed by atoms with Gasteiger partial charge in [0.1, 0.15) is 12.0 Å². The van der Waals surface area contributed by atoms with Crippen LogP contribution in [0.15, 0.2) is 0 Å². The van der Waals surface area contributed by atoms with Crippen LogP contribution in [0.4, 0.5) is 0 Å². The van der Waals surface area contributed by atoms with Crippen molar-refractivity contribution in [1.82, 2.24) is 5.32 Å². The van der Waals surface area contributed by atoms with Gasteiger partial charge in [-0.25, -0.2) is 4.79 Å². The zero-order valence-corrected chi connectivity index (χ0v) is 7.65. The smallest absolute Gasteiger partial charge is 0.328 e. The number of carboxylic acid groups (broad SMARTS) is 1. The summed E-state index contributed by atoms with van der Waals surface area (Å²) in [6, 6.07) is -0.816. The highest BCUT2D eigenvalue weighted by atomic mass is 16.5. The lowest BCUT2D eigenvalue weighted by Gasteiger charge is -2.07. The van der Waals surface area contributed by atoms with Gasteiger partial charge < -0.3 is 15.2 Å². The minimum atomic E-state index is -1.21. The minimum Gasteiger partial charge on any atom is -0.481 e. The van der Waals surface area contributed by atoms with Crippen molar-refractivity contribution in [3.8, 4) is 0 Å². The fourth-order valence-corrected chi connectivity index (χ4v) is 1.28. The van der Waals surface area contributed by atoms with Gasteiger partial charge in [-0.3, -0.25) is 9.59 Å². The molecule has 6 heteroatoms. The number of ether oxygens (including phenoxy) is 1. The summed E-state index contributed by atoms with van der Waals surface area (Å²) in [6.45, 7) is 1.85. The third kappa shape index (κ3) is 2.01. The molecule has 1 amide bonds. The second kappa shape index (κ2) is 4.08. The summed E-state index contributed by atoms with van der Waals surface area (Å²) in [5.74, 6) is -3.56. The Morgan fingerprint density at radius 3 is 2.71 bits per heavy atom. The molecule has 1 rings (SSSR count). The largest absolute Gasteiger partial charge is 0.481 e. The lowest BCUT2D eigenvalue weighted by Crippen LogP contribution is -2.34. The summed E-state index contributed by atoms with van der Waals surface area (Å²) in [6.07, 6.45) is -0.0347. The molecule has 1 heterocycles. The van der Waals surface area contributed by atoms with E-state index in [1.54, 1.807) is 6.92 Å². The number of carboxylic acids is 1. The van der Waals surface area contributed by atoms with Gasteiger partial charge in [0.15, 0.2) is 0 Å². The van der Waals surface area contributed by atoms with Crippen LogP contribution in [-0.4, -0.2) is 35.6 Å². The Balaban J connectivity index is 2.58. The lowest BCUT2D eigenvalue weighted by atomic mass is 10.1. The molecule has 14 heavy (non-hydrogen) atoms. The molecule has 2 unspecified atom stereocenters. The zero-order valence-electron chi connectivity index (χ0n) is 7.65. The molecule has 0 saturated carbocycles. The maximum absolute atomic E-state index is 11.1. The number of hydrogen-bond acceptors (Lipinski definition) is 4. The highest BCUT2D eigenvalue weighted by Crippen LogP contribution is 2.16. The van der Waals surface area contributed by atoms with Gasteiger partial charge in [0.25, 0.3) is 0 Å². The molecule has 0 bridgehead atoms. The van der Waals surface area contributed by atoms with E-state index in [-0.39, 0.29) is 13.0 Å². The van der Waals surface area contributed by atoms with E-state index < -0.39 is 29.8 Å². The van der Waals surface area contributed by atoms with Crippen molar-refractivity contribution in [3.63, 3.8) is 0 Å². The van der Waals surface area contributed by atoms with Crippen LogP contribution in [0.3, 0.4) is 0 Å². The predicted molar refractivity (Wildman–Crippen MR) is 44.3 cm³/mol. The van der Waals surface area contributed by atoms with Crippen molar-refractivity contribution >= 4 is 17.8 Å². The second-order valence-electron chi connectivity index (χ2n) is 2.94. The Morgan fingerprint density at radius 1 is 1.64 bits per heavy atom. The van der Waals surface area contributed by atoms with E-state index in [9.17, 15) is 14.4 Å². The van der Waals surface area contributed by atoms with Crippen molar-refractivity contribution in [2.24, 2.45) is 5.92 Å². The Kier molecular flexibility index (Phi) is 3.06. The summed E-state index contributed by atoms with van der Waals surface area (Å²) in [5.41, 5.74) is 0. The van der Waals surface area contributed by atoms with Gasteiger partial charge in [-0.05, 0) is 6.92 Å². The number of aliphatic carboxylic acids is 1. The van der Waals surface area contributed by atoms with E-state index in [4.69, 9.17) is 5.11 Å². The number of esters is 1. The lowest BCUT2D eigenvalue weighted by molar-refractivity contribution is -0.146. The first-order valence-corrected chi connectivity index (χ1v) is 4.26. The second-order valence-corrected chi connectivity index (χ2v) is 2.94. The fourth-order valence-electron chi connectivity index (χ4n) is 1.28. The molecule has 0 aromatic rings. The van der Waals surface area contributed by atoms with Crippen LogP contribution in [-0.2, 0) is 19.1 Å². The third-order valence-corrected chi connectivity index (χ3v) is 1.97. The SMILES string of the molecule is CCOC(=O)C1CC(C(=O)O)C(=O)N1. The van der Waals surface area contributed by atoms with Gasteiger partial charge in [0.2, 0.25) is 5.91 Å². The number of rotatable bonds is 3. The van der Waals surface area contributed by atoms with Crippen LogP contribution in [0.5, 0.6) is 0 Å². The van der Waals surface area contributed by atoms with Gasteiger partial charge in [0, 0.05) is 6.42 Å². The van der Waals surface area contributed by atoms with Crippen molar-refractivity contribution in [3.05, 3.63) is 0 Å². The normalized spacial score (nSPS) is 25.6. The summed E-state index contributed by atoms with van der Waals surface area (Å²) in [4.78, 5) is 32.7. The van der Waals surface area contributed by atoms with Crippen molar-refractivity contribution < 1.29 is 24.2 Å². The monoisotopic (exact) mass is 201 g/mol. The van der Waals surface area contributed by atoms with Gasteiger partial charge >= 0.3 is 11.9 Å². The molecule has 0 aliphatic carbocycles. The maximum Gasteiger partial charge on any atom is 0.328 e. The van der Waals surface area contributed by atoms with Crippen molar-refractivity contribution in [1.29, 1.82) is 0 Å². The molecule has 1 saturated heterocycles. The number of amides is 1. The molecule has 0 aromatic heterocycles. The van der Waals surface area contributed by atoms with E-state index in [1.807, 2.05) is 0 Å². The summed E-state index contributed by atoms with van der Waals surface area (Å²) < 4.78 is 4.66. The summed E-state index contributed by atoms with van der Waals surface area (Å²) in [5, 5.41) is 10.9. The standard InChI is InChI=1S/C8H11NO5/c1-2-14-8(13)5-3-4(7(11)12)6(10)9-5/h4-5H,2-3H2,1H3,(H,9,10)(H,11,12). The molecule has 1 aliphatic rings. The Hall–Kier alpha value is -1.59. The zero-order chi connectivity index (χ0) is 10.7. The highest BCUT2D eigenvalue weighted by Gasteiger charge is 2.40. The number of nitrogens with one attached hydrogen (secondary N) is 1. The minimum absolute atomic E-state index is 0.0347. The molecule has 2 atom stereocenters. The molecule has 0 radical (unpaired) electrons.